The molecule has 0 spiro atoms. The highest BCUT2D eigenvalue weighted by molar-refractivity contribution is 9.10. The van der Waals surface area contributed by atoms with E-state index in [-0.39, 0.29) is 37.7 Å². The lowest BCUT2D eigenvalue weighted by atomic mass is 10.0. The average molecular weight is 633 g/mol. The first-order valence-corrected chi connectivity index (χ1v) is 15.8. The van der Waals surface area contributed by atoms with E-state index >= 15 is 0 Å². The van der Waals surface area contributed by atoms with Gasteiger partial charge in [0.2, 0.25) is 21.8 Å². The van der Waals surface area contributed by atoms with Crippen molar-refractivity contribution < 1.29 is 22.4 Å². The van der Waals surface area contributed by atoms with Crippen LogP contribution in [0, 0.1) is 5.82 Å². The van der Waals surface area contributed by atoms with Gasteiger partial charge in [-0.15, -0.1) is 0 Å². The second kappa shape index (κ2) is 14.9. The van der Waals surface area contributed by atoms with Gasteiger partial charge in [-0.2, -0.15) is 0 Å². The number of carbonyl (C=O) groups is 2. The van der Waals surface area contributed by atoms with Crippen molar-refractivity contribution in [1.82, 2.24) is 10.2 Å². The van der Waals surface area contributed by atoms with E-state index in [9.17, 15) is 22.4 Å². The van der Waals surface area contributed by atoms with E-state index in [0.29, 0.717) is 18.7 Å². The second-order valence-electron chi connectivity index (χ2n) is 9.56. The number of anilines is 1. The molecule has 2 amide bonds. The van der Waals surface area contributed by atoms with Gasteiger partial charge in [-0.3, -0.25) is 13.9 Å². The molecule has 0 heterocycles. The summed E-state index contributed by atoms with van der Waals surface area (Å²) in [6.45, 7) is 2.70. The van der Waals surface area contributed by atoms with Crippen molar-refractivity contribution in [1.29, 1.82) is 0 Å². The number of amides is 2. The fraction of sp³-hybridized carbons (Fsp3) is 0.333. The van der Waals surface area contributed by atoms with Gasteiger partial charge in [0.05, 0.1) is 11.9 Å². The fourth-order valence-corrected chi connectivity index (χ4v) is 5.78. The average Bonchev–Trinajstić information content (AvgIpc) is 2.92. The predicted octanol–water partition coefficient (Wildman–Crippen LogP) is 5.30. The van der Waals surface area contributed by atoms with Crippen molar-refractivity contribution >= 4 is 43.5 Å². The molecule has 0 unspecified atom stereocenters. The Balaban J connectivity index is 1.86. The number of carbonyl (C=O) groups excluding carboxylic acids is 2. The van der Waals surface area contributed by atoms with Crippen LogP contribution in [0.5, 0.6) is 0 Å². The molecule has 0 saturated carbocycles. The molecule has 0 saturated heterocycles. The molecule has 3 aromatic carbocycles. The van der Waals surface area contributed by atoms with E-state index in [1.807, 2.05) is 61.5 Å². The maximum atomic E-state index is 13.8. The topological polar surface area (TPSA) is 86.8 Å². The first-order valence-electron chi connectivity index (χ1n) is 13.2. The largest absolute Gasteiger partial charge is 0.354 e. The van der Waals surface area contributed by atoms with Gasteiger partial charge >= 0.3 is 0 Å². The summed E-state index contributed by atoms with van der Waals surface area (Å²) in [6, 6.07) is 21.5. The number of nitrogens with one attached hydrogen (secondary N) is 1. The maximum absolute atomic E-state index is 13.8. The highest BCUT2D eigenvalue weighted by Crippen LogP contribution is 2.21. The zero-order valence-electron chi connectivity index (χ0n) is 22.7. The van der Waals surface area contributed by atoms with Gasteiger partial charge in [0.1, 0.15) is 11.9 Å². The number of nitrogens with zero attached hydrogens (tertiary/aromatic N) is 2. The van der Waals surface area contributed by atoms with Crippen LogP contribution in [0.3, 0.4) is 0 Å². The van der Waals surface area contributed by atoms with E-state index < -0.39 is 21.9 Å². The molecule has 0 aliphatic carbocycles. The molecule has 3 rings (SSSR count). The first-order chi connectivity index (χ1) is 19.1. The Kier molecular flexibility index (Phi) is 11.7. The monoisotopic (exact) mass is 631 g/mol. The van der Waals surface area contributed by atoms with E-state index in [1.54, 1.807) is 4.90 Å². The lowest BCUT2D eigenvalue weighted by Crippen LogP contribution is -2.50. The first kappa shape index (κ1) is 31.3. The van der Waals surface area contributed by atoms with Gasteiger partial charge in [-0.05, 0) is 60.4 Å². The van der Waals surface area contributed by atoms with Crippen molar-refractivity contribution in [3.05, 3.63) is 100 Å². The molecule has 0 aromatic heterocycles. The van der Waals surface area contributed by atoms with Crippen LogP contribution in [-0.2, 0) is 32.6 Å². The van der Waals surface area contributed by atoms with Gasteiger partial charge in [0.15, 0.2) is 0 Å². The van der Waals surface area contributed by atoms with Crippen molar-refractivity contribution in [2.75, 3.05) is 23.7 Å². The molecular weight excluding hydrogens is 597 g/mol. The quantitative estimate of drug-likeness (QED) is 0.262. The highest BCUT2D eigenvalue weighted by atomic mass is 79.9. The number of rotatable bonds is 14. The van der Waals surface area contributed by atoms with Crippen LogP contribution in [0.15, 0.2) is 83.3 Å². The summed E-state index contributed by atoms with van der Waals surface area (Å²) in [6.07, 6.45) is 2.40. The van der Waals surface area contributed by atoms with Gasteiger partial charge in [-0.25, -0.2) is 12.8 Å². The summed E-state index contributed by atoms with van der Waals surface area (Å²) in [5, 5.41) is 2.95. The van der Waals surface area contributed by atoms with Crippen molar-refractivity contribution in [3.8, 4) is 0 Å². The Morgan fingerprint density at radius 3 is 2.27 bits per heavy atom. The zero-order chi connectivity index (χ0) is 29.1. The molecule has 0 bridgehead atoms. The Morgan fingerprint density at radius 1 is 0.975 bits per heavy atom. The van der Waals surface area contributed by atoms with E-state index in [1.165, 1.54) is 24.3 Å². The molecule has 7 nitrogen and oxygen atoms in total. The molecule has 214 valence electrons. The SMILES string of the molecule is CCCNC(=O)[C@H](Cc1ccccc1)N(Cc1cccc(Br)c1)C(=O)CCCN(c1ccc(F)cc1)S(C)(=O)=O. The van der Waals surface area contributed by atoms with Crippen LogP contribution in [0.2, 0.25) is 0 Å². The lowest BCUT2D eigenvalue weighted by molar-refractivity contribution is -0.141. The van der Waals surface area contributed by atoms with Gasteiger partial charge in [0, 0.05) is 36.9 Å². The second-order valence-corrected chi connectivity index (χ2v) is 12.4. The highest BCUT2D eigenvalue weighted by Gasteiger charge is 2.30. The molecule has 0 radical (unpaired) electrons. The van der Waals surface area contributed by atoms with Gasteiger partial charge in [0.25, 0.3) is 0 Å². The van der Waals surface area contributed by atoms with Crippen LogP contribution >= 0.6 is 15.9 Å². The van der Waals surface area contributed by atoms with Crippen molar-refractivity contribution in [3.63, 3.8) is 0 Å². The molecule has 0 aliphatic rings. The van der Waals surface area contributed by atoms with E-state index in [0.717, 1.165) is 32.6 Å². The minimum absolute atomic E-state index is 0.0214. The van der Waals surface area contributed by atoms with Crippen LogP contribution in [0.1, 0.15) is 37.3 Å². The van der Waals surface area contributed by atoms with Gasteiger partial charge in [-0.1, -0.05) is 65.3 Å². The lowest BCUT2D eigenvalue weighted by Gasteiger charge is -2.32. The standard InChI is InChI=1S/C30H35BrFN3O4S/c1-3-18-33-30(37)28(21-23-9-5-4-6-10-23)34(22-24-11-7-12-25(31)20-24)29(36)13-8-19-35(40(2,38)39)27-16-14-26(32)15-17-27/h4-7,9-12,14-17,20,28H,3,8,13,18-19,21-22H2,1-2H3,(H,33,37)/t28-/m0/s1. The minimum atomic E-state index is -3.67. The van der Waals surface area contributed by atoms with E-state index in [2.05, 4.69) is 21.2 Å². The van der Waals surface area contributed by atoms with Gasteiger partial charge < -0.3 is 10.2 Å². The summed E-state index contributed by atoms with van der Waals surface area (Å²) in [7, 11) is -3.67. The molecular formula is C30H35BrFN3O4S. The van der Waals surface area contributed by atoms with Crippen LogP contribution < -0.4 is 9.62 Å². The summed E-state index contributed by atoms with van der Waals surface area (Å²) in [5.74, 6) is -0.973. The number of sulfonamides is 1. The third-order valence-electron chi connectivity index (χ3n) is 6.33. The van der Waals surface area contributed by atoms with Crippen LogP contribution in [0.4, 0.5) is 10.1 Å². The third-order valence-corrected chi connectivity index (χ3v) is 8.02. The summed E-state index contributed by atoms with van der Waals surface area (Å²) in [5.41, 5.74) is 2.10. The predicted molar refractivity (Wildman–Crippen MR) is 160 cm³/mol. The Bertz CT molecular complexity index is 1370. The Hall–Kier alpha value is -3.24. The summed E-state index contributed by atoms with van der Waals surface area (Å²) >= 11 is 3.48. The molecule has 1 N–H and O–H groups in total. The minimum Gasteiger partial charge on any atom is -0.354 e. The number of benzene rings is 3. The maximum Gasteiger partial charge on any atom is 0.243 e. The molecule has 1 atom stereocenters. The third kappa shape index (κ3) is 9.45. The normalized spacial score (nSPS) is 12.0. The molecule has 3 aromatic rings. The Morgan fingerprint density at radius 2 is 1.65 bits per heavy atom. The molecule has 40 heavy (non-hydrogen) atoms. The summed E-state index contributed by atoms with van der Waals surface area (Å²) in [4.78, 5) is 28.8. The van der Waals surface area contributed by atoms with Crippen molar-refractivity contribution in [2.24, 2.45) is 0 Å². The molecule has 10 heteroatoms. The van der Waals surface area contributed by atoms with Crippen LogP contribution in [0.25, 0.3) is 0 Å². The molecule has 0 fully saturated rings. The smallest absolute Gasteiger partial charge is 0.243 e. The summed E-state index contributed by atoms with van der Waals surface area (Å²) < 4.78 is 40.4. The number of hydrogen-bond donors (Lipinski definition) is 1. The number of halogens is 2. The van der Waals surface area contributed by atoms with Crippen molar-refractivity contribution in [2.45, 2.75) is 45.2 Å². The van der Waals surface area contributed by atoms with E-state index in [4.69, 9.17) is 0 Å². The van der Waals surface area contributed by atoms with Crippen LogP contribution in [-0.4, -0.2) is 50.5 Å². The fourth-order valence-electron chi connectivity index (χ4n) is 4.36. The number of hydrogen-bond acceptors (Lipinski definition) is 4. The molecule has 0 aliphatic heterocycles. The Labute approximate surface area is 244 Å². The zero-order valence-corrected chi connectivity index (χ0v) is 25.1.